The van der Waals surface area contributed by atoms with Crippen molar-refractivity contribution in [2.45, 2.75) is 44.4 Å². The van der Waals surface area contributed by atoms with E-state index < -0.39 is 15.9 Å². The molecule has 1 saturated heterocycles. The number of methoxy groups -OCH3 is 1. The molecule has 1 amide bonds. The molecule has 196 valence electrons. The predicted molar refractivity (Wildman–Crippen MR) is 138 cm³/mol. The highest BCUT2D eigenvalue weighted by molar-refractivity contribution is 7.89. The molecule has 5 rings (SSSR count). The lowest BCUT2D eigenvalue weighted by atomic mass is 9.89. The summed E-state index contributed by atoms with van der Waals surface area (Å²) in [6.07, 6.45) is 2.15. The van der Waals surface area contributed by atoms with Crippen LogP contribution in [0.25, 0.3) is 10.8 Å². The highest BCUT2D eigenvalue weighted by atomic mass is 32.2. The van der Waals surface area contributed by atoms with Crippen LogP contribution in [0.2, 0.25) is 0 Å². The lowest BCUT2D eigenvalue weighted by Gasteiger charge is -2.31. The SMILES string of the molecule is COCCCN1C(=O)c2cccc3c(CC(=O)C4CCCN(S(=O)(=O)c5c(C)noc5C)C4)ccc1c23. The van der Waals surface area contributed by atoms with Gasteiger partial charge < -0.3 is 14.2 Å². The highest BCUT2D eigenvalue weighted by Gasteiger charge is 2.37. The van der Waals surface area contributed by atoms with Crippen LogP contribution in [0.15, 0.2) is 39.8 Å². The number of anilines is 1. The molecule has 10 heteroatoms. The Morgan fingerprint density at radius 2 is 2.03 bits per heavy atom. The monoisotopic (exact) mass is 525 g/mol. The molecule has 2 aromatic carbocycles. The maximum Gasteiger partial charge on any atom is 0.258 e. The van der Waals surface area contributed by atoms with E-state index in [0.29, 0.717) is 43.8 Å². The standard InChI is InChI=1S/C27H31N3O6S/c1-17-26(18(2)36-28-17)37(33,34)29-12-5-7-20(16-29)24(31)15-19-10-11-23-25-21(19)8-4-9-22(25)27(32)30(23)13-6-14-35-3/h4,8-11,20H,5-7,12-16H2,1-3H3. The van der Waals surface area contributed by atoms with Crippen molar-refractivity contribution in [3.63, 3.8) is 0 Å². The van der Waals surface area contributed by atoms with Gasteiger partial charge in [0, 0.05) is 56.6 Å². The molecule has 0 spiro atoms. The number of Topliss-reactive ketones (excluding diaryl/α,β-unsaturated/α-hetero) is 1. The van der Waals surface area contributed by atoms with Crippen molar-refractivity contribution in [1.29, 1.82) is 0 Å². The van der Waals surface area contributed by atoms with Crippen LogP contribution >= 0.6 is 0 Å². The average Bonchev–Trinajstić information content (AvgIpc) is 3.38. The number of ketones is 1. The molecular formula is C27H31N3O6S. The summed E-state index contributed by atoms with van der Waals surface area (Å²) in [6.45, 7) is 4.82. The zero-order chi connectivity index (χ0) is 26.3. The Balaban J connectivity index is 1.37. The average molecular weight is 526 g/mol. The Morgan fingerprint density at radius 3 is 2.76 bits per heavy atom. The van der Waals surface area contributed by atoms with Crippen LogP contribution < -0.4 is 4.90 Å². The van der Waals surface area contributed by atoms with E-state index in [1.165, 1.54) is 4.31 Å². The van der Waals surface area contributed by atoms with E-state index in [1.54, 1.807) is 25.9 Å². The molecule has 3 aromatic rings. The Hall–Kier alpha value is -3.08. The summed E-state index contributed by atoms with van der Waals surface area (Å²) in [5.74, 6) is -0.183. The largest absolute Gasteiger partial charge is 0.385 e. The number of carbonyl (C=O) groups excluding carboxylic acids is 2. The van der Waals surface area contributed by atoms with Gasteiger partial charge in [0.1, 0.15) is 16.4 Å². The molecule has 37 heavy (non-hydrogen) atoms. The van der Waals surface area contributed by atoms with E-state index in [1.807, 2.05) is 30.3 Å². The highest BCUT2D eigenvalue weighted by Crippen LogP contribution is 2.39. The second-order valence-electron chi connectivity index (χ2n) is 9.77. The number of rotatable bonds is 9. The summed E-state index contributed by atoms with van der Waals surface area (Å²) in [7, 11) is -2.16. The smallest absolute Gasteiger partial charge is 0.258 e. The van der Waals surface area contributed by atoms with Crippen molar-refractivity contribution >= 4 is 38.2 Å². The fraction of sp³-hybridized carbons (Fsp3) is 0.444. The van der Waals surface area contributed by atoms with E-state index in [2.05, 4.69) is 5.16 Å². The third kappa shape index (κ3) is 4.47. The van der Waals surface area contributed by atoms with Gasteiger partial charge in [-0.15, -0.1) is 0 Å². The first kappa shape index (κ1) is 25.6. The van der Waals surface area contributed by atoms with Gasteiger partial charge in [-0.3, -0.25) is 9.59 Å². The van der Waals surface area contributed by atoms with Gasteiger partial charge in [0.15, 0.2) is 5.76 Å². The summed E-state index contributed by atoms with van der Waals surface area (Å²) < 4.78 is 38.2. The van der Waals surface area contributed by atoms with Crippen LogP contribution in [-0.2, 0) is 26.0 Å². The van der Waals surface area contributed by atoms with Gasteiger partial charge in [0.05, 0.1) is 5.69 Å². The zero-order valence-electron chi connectivity index (χ0n) is 21.3. The Kier molecular flexibility index (Phi) is 6.91. The van der Waals surface area contributed by atoms with Crippen LogP contribution in [0.1, 0.15) is 46.6 Å². The van der Waals surface area contributed by atoms with Crippen LogP contribution in [0.5, 0.6) is 0 Å². The Bertz CT molecular complexity index is 1460. The number of carbonyl (C=O) groups is 2. The Labute approximate surface area is 216 Å². The predicted octanol–water partition coefficient (Wildman–Crippen LogP) is 3.65. The molecule has 0 aliphatic carbocycles. The fourth-order valence-corrected chi connectivity index (χ4v) is 7.39. The molecule has 1 fully saturated rings. The molecule has 3 heterocycles. The van der Waals surface area contributed by atoms with Crippen LogP contribution in [0.3, 0.4) is 0 Å². The zero-order valence-corrected chi connectivity index (χ0v) is 22.1. The maximum atomic E-state index is 13.4. The second-order valence-corrected chi connectivity index (χ2v) is 11.6. The van der Waals surface area contributed by atoms with Crippen LogP contribution in [0, 0.1) is 19.8 Å². The number of amides is 1. The number of hydrogen-bond donors (Lipinski definition) is 0. The van der Waals surface area contributed by atoms with Crippen molar-refractivity contribution in [2.24, 2.45) is 5.92 Å². The van der Waals surface area contributed by atoms with Gasteiger partial charge in [0.25, 0.3) is 5.91 Å². The minimum absolute atomic E-state index is 0.000592. The van der Waals surface area contributed by atoms with Gasteiger partial charge in [-0.05, 0) is 56.2 Å². The second kappa shape index (κ2) is 10.00. The number of benzene rings is 2. The van der Waals surface area contributed by atoms with E-state index in [9.17, 15) is 18.0 Å². The van der Waals surface area contributed by atoms with Crippen molar-refractivity contribution in [3.05, 3.63) is 52.9 Å². The molecule has 2 aliphatic rings. The molecule has 1 aromatic heterocycles. The molecule has 0 saturated carbocycles. The van der Waals surface area contributed by atoms with Gasteiger partial charge in [-0.2, -0.15) is 4.31 Å². The number of ether oxygens (including phenoxy) is 1. The molecule has 1 unspecified atom stereocenters. The third-order valence-electron chi connectivity index (χ3n) is 7.38. The van der Waals surface area contributed by atoms with Crippen molar-refractivity contribution in [2.75, 3.05) is 38.3 Å². The number of aromatic nitrogens is 1. The number of nitrogens with zero attached hydrogens (tertiary/aromatic N) is 3. The first-order chi connectivity index (χ1) is 17.7. The molecule has 0 N–H and O–H groups in total. The summed E-state index contributed by atoms with van der Waals surface area (Å²) in [6, 6.07) is 9.47. The summed E-state index contributed by atoms with van der Waals surface area (Å²) in [5.41, 5.74) is 2.68. The van der Waals surface area contributed by atoms with E-state index >= 15 is 0 Å². The number of piperidine rings is 1. The number of aryl methyl sites for hydroxylation is 2. The van der Waals surface area contributed by atoms with Gasteiger partial charge >= 0.3 is 0 Å². The maximum absolute atomic E-state index is 13.4. The number of hydrogen-bond acceptors (Lipinski definition) is 7. The van der Waals surface area contributed by atoms with Crippen molar-refractivity contribution < 1.29 is 27.3 Å². The molecule has 1 atom stereocenters. The molecule has 9 nitrogen and oxygen atoms in total. The minimum atomic E-state index is -3.81. The summed E-state index contributed by atoms with van der Waals surface area (Å²) >= 11 is 0. The van der Waals surface area contributed by atoms with E-state index in [-0.39, 0.29) is 35.3 Å². The normalized spacial score (nSPS) is 18.2. The van der Waals surface area contributed by atoms with Crippen LogP contribution in [0.4, 0.5) is 5.69 Å². The van der Waals surface area contributed by atoms with Gasteiger partial charge in [0.2, 0.25) is 10.0 Å². The summed E-state index contributed by atoms with van der Waals surface area (Å²) in [5, 5.41) is 5.55. The fourth-order valence-electron chi connectivity index (χ4n) is 5.58. The van der Waals surface area contributed by atoms with Crippen molar-refractivity contribution in [1.82, 2.24) is 9.46 Å². The first-order valence-electron chi connectivity index (χ1n) is 12.5. The molecular weight excluding hydrogens is 494 g/mol. The quantitative estimate of drug-likeness (QED) is 0.392. The van der Waals surface area contributed by atoms with E-state index in [0.717, 1.165) is 28.4 Å². The van der Waals surface area contributed by atoms with Crippen molar-refractivity contribution in [3.8, 4) is 0 Å². The first-order valence-corrected chi connectivity index (χ1v) is 14.0. The van der Waals surface area contributed by atoms with E-state index in [4.69, 9.17) is 9.26 Å². The van der Waals surface area contributed by atoms with Gasteiger partial charge in [-0.1, -0.05) is 23.4 Å². The minimum Gasteiger partial charge on any atom is -0.385 e. The Morgan fingerprint density at radius 1 is 1.22 bits per heavy atom. The lowest BCUT2D eigenvalue weighted by molar-refractivity contribution is -0.123. The molecule has 2 aliphatic heterocycles. The number of sulfonamides is 1. The van der Waals surface area contributed by atoms with Gasteiger partial charge in [-0.25, -0.2) is 8.42 Å². The molecule has 0 bridgehead atoms. The summed E-state index contributed by atoms with van der Waals surface area (Å²) in [4.78, 5) is 28.4. The molecule has 0 radical (unpaired) electrons. The third-order valence-corrected chi connectivity index (χ3v) is 9.49. The van der Waals surface area contributed by atoms with Crippen LogP contribution in [-0.4, -0.2) is 62.9 Å². The lowest BCUT2D eigenvalue weighted by Crippen LogP contribution is -2.42. The topological polar surface area (TPSA) is 110 Å².